The van der Waals surface area contributed by atoms with Gasteiger partial charge in [0.1, 0.15) is 28.8 Å². The van der Waals surface area contributed by atoms with Crippen LogP contribution in [0.5, 0.6) is 11.5 Å². The highest BCUT2D eigenvalue weighted by Gasteiger charge is 2.25. The van der Waals surface area contributed by atoms with Crippen molar-refractivity contribution < 1.29 is 31.5 Å². The molecular formula is C54H52Cl2F2N8O7S2. The van der Waals surface area contributed by atoms with E-state index in [2.05, 4.69) is 15.1 Å². The number of carbonyl (C=O) groups is 1. The highest BCUT2D eigenvalue weighted by Crippen LogP contribution is 2.30. The van der Waals surface area contributed by atoms with Gasteiger partial charge in [-0.3, -0.25) is 22.8 Å². The van der Waals surface area contributed by atoms with Gasteiger partial charge in [-0.1, -0.05) is 53.5 Å². The zero-order valence-electron chi connectivity index (χ0n) is 41.6. The maximum atomic E-state index is 13.8. The molecule has 0 radical (unpaired) electrons. The Kier molecular flexibility index (Phi) is 18.3. The van der Waals surface area contributed by atoms with Gasteiger partial charge in [0.25, 0.3) is 11.1 Å². The SMILES string of the molecule is COc1cc(/C(=N\N)c2cc(Cl)cn(C(CCS(C)=O)c3ccc(F)cc3)c2=O)ccc1-n1cnc(C)c1.COc1cc(C(=O)c2cc(Cl)cn(C(CCS(C)=O)c3ccc(F)cc3)c2=O)ccc1-n1cnc(C)c1. The van der Waals surface area contributed by atoms with Crippen LogP contribution in [0.1, 0.15) is 74.5 Å². The fourth-order valence-electron chi connectivity index (χ4n) is 8.42. The fourth-order valence-corrected chi connectivity index (χ4v) is 9.96. The number of benzene rings is 4. The number of aromatic nitrogens is 6. The molecule has 390 valence electrons. The second-order valence-electron chi connectivity index (χ2n) is 17.3. The molecule has 21 heteroatoms. The Hall–Kier alpha value is -7.32. The minimum absolute atomic E-state index is 0.120. The highest BCUT2D eigenvalue weighted by molar-refractivity contribution is 7.84. The number of halogens is 4. The van der Waals surface area contributed by atoms with Crippen molar-refractivity contribution in [2.75, 3.05) is 38.2 Å². The quantitative estimate of drug-likeness (QED) is 0.0376. The Morgan fingerprint density at radius 2 is 1.05 bits per heavy atom. The predicted molar refractivity (Wildman–Crippen MR) is 291 cm³/mol. The Morgan fingerprint density at radius 3 is 1.45 bits per heavy atom. The summed E-state index contributed by atoms with van der Waals surface area (Å²) in [7, 11) is 0.812. The molecule has 15 nitrogen and oxygen atoms in total. The summed E-state index contributed by atoms with van der Waals surface area (Å²) in [4.78, 5) is 49.4. The first-order valence-corrected chi connectivity index (χ1v) is 27.3. The van der Waals surface area contributed by atoms with Crippen molar-refractivity contribution >= 4 is 56.3 Å². The zero-order valence-corrected chi connectivity index (χ0v) is 44.7. The predicted octanol–water partition coefficient (Wildman–Crippen LogP) is 8.95. The molecule has 4 atom stereocenters. The van der Waals surface area contributed by atoms with E-state index in [1.807, 2.05) is 36.9 Å². The number of aryl methyl sites for hydroxylation is 2. The van der Waals surface area contributed by atoms with Gasteiger partial charge in [-0.2, -0.15) is 5.10 Å². The van der Waals surface area contributed by atoms with Crippen molar-refractivity contribution in [3.8, 4) is 22.9 Å². The van der Waals surface area contributed by atoms with E-state index in [9.17, 15) is 31.6 Å². The molecule has 0 aliphatic heterocycles. The molecule has 0 fully saturated rings. The van der Waals surface area contributed by atoms with Crippen LogP contribution in [0.25, 0.3) is 11.4 Å². The van der Waals surface area contributed by atoms with Crippen LogP contribution in [-0.4, -0.2) is 86.4 Å². The molecule has 4 aromatic heterocycles. The number of hydrogen-bond donors (Lipinski definition) is 1. The number of methoxy groups -OCH3 is 2. The normalized spacial score (nSPS) is 13.1. The van der Waals surface area contributed by atoms with E-state index in [0.29, 0.717) is 58.2 Å². The zero-order chi connectivity index (χ0) is 54.1. The van der Waals surface area contributed by atoms with Gasteiger partial charge in [-0.05, 0) is 105 Å². The van der Waals surface area contributed by atoms with Crippen LogP contribution in [0, 0.1) is 25.5 Å². The monoisotopic (exact) mass is 1100 g/mol. The molecule has 0 saturated carbocycles. The van der Waals surface area contributed by atoms with Crippen molar-refractivity contribution in [3.63, 3.8) is 0 Å². The molecule has 0 aliphatic carbocycles. The third kappa shape index (κ3) is 13.3. The number of pyridine rings is 2. The number of rotatable bonds is 18. The number of ketones is 1. The van der Waals surface area contributed by atoms with E-state index in [-0.39, 0.29) is 32.4 Å². The van der Waals surface area contributed by atoms with Gasteiger partial charge in [0, 0.05) is 81.5 Å². The molecule has 4 heterocycles. The minimum Gasteiger partial charge on any atom is -0.495 e. The average molecular weight is 1100 g/mol. The van der Waals surface area contributed by atoms with E-state index in [0.717, 1.165) is 17.1 Å². The molecule has 4 aromatic carbocycles. The van der Waals surface area contributed by atoms with Gasteiger partial charge >= 0.3 is 0 Å². The van der Waals surface area contributed by atoms with Crippen LogP contribution < -0.4 is 26.4 Å². The van der Waals surface area contributed by atoms with E-state index in [1.165, 1.54) is 65.0 Å². The topological polar surface area (TPSA) is 188 Å². The molecule has 0 saturated heterocycles. The number of carbonyl (C=O) groups excluding carboxylic acids is 1. The Bertz CT molecular complexity index is 3560. The molecule has 0 spiro atoms. The van der Waals surface area contributed by atoms with Crippen LogP contribution in [-0.2, 0) is 21.6 Å². The number of hydrogen-bond acceptors (Lipinski definition) is 11. The molecule has 0 aliphatic rings. The van der Waals surface area contributed by atoms with Gasteiger partial charge in [0.15, 0.2) is 5.78 Å². The summed E-state index contributed by atoms with van der Waals surface area (Å²) in [6.45, 7) is 3.75. The third-order valence-corrected chi connectivity index (χ3v) is 14.1. The Balaban J connectivity index is 0.000000219. The summed E-state index contributed by atoms with van der Waals surface area (Å²) in [5.74, 6) is 6.07. The molecule has 0 amide bonds. The summed E-state index contributed by atoms with van der Waals surface area (Å²) < 4.78 is 68.5. The first-order chi connectivity index (χ1) is 35.9. The minimum atomic E-state index is -1.12. The molecule has 2 N–H and O–H groups in total. The van der Waals surface area contributed by atoms with Gasteiger partial charge in [0.2, 0.25) is 0 Å². The standard InChI is InChI=1S/C27H27ClFN5O3S.C27H25ClFN3O4S/c1-17-14-33(16-31-17)24-9-6-19(12-25(24)37-2)26(32-30)22-13-20(28)15-34(27(22)35)23(10-11-38(3)36)18-4-7-21(29)8-5-18;1-17-14-31(16-30-17)24-9-6-19(12-25(24)36-2)26(33)22-13-20(28)15-32(27(22)34)23(10-11-37(3)35)18-4-7-21(29)8-5-18/h4-9,12-16,23H,10-11,30H2,1-3H3;4-9,12-16,23H,10-11H2,1-3H3/b32-26+;. The fraction of sp³-hybridized carbons (Fsp3) is 0.222. The lowest BCUT2D eigenvalue weighted by Gasteiger charge is -2.22. The van der Waals surface area contributed by atoms with Crippen LogP contribution >= 0.6 is 23.2 Å². The van der Waals surface area contributed by atoms with Crippen molar-refractivity contribution in [2.24, 2.45) is 10.9 Å². The molecule has 0 bridgehead atoms. The summed E-state index contributed by atoms with van der Waals surface area (Å²) in [6.07, 6.45) is 13.8. The maximum Gasteiger partial charge on any atom is 0.262 e. The van der Waals surface area contributed by atoms with Gasteiger partial charge in [0.05, 0.1) is 82.9 Å². The van der Waals surface area contributed by atoms with Gasteiger partial charge < -0.3 is 33.6 Å². The van der Waals surface area contributed by atoms with Crippen molar-refractivity contribution in [1.82, 2.24) is 28.2 Å². The molecule has 8 rings (SSSR count). The van der Waals surface area contributed by atoms with E-state index >= 15 is 0 Å². The van der Waals surface area contributed by atoms with E-state index in [4.69, 9.17) is 38.5 Å². The first-order valence-electron chi connectivity index (χ1n) is 23.0. The second kappa shape index (κ2) is 24.8. The lowest BCUT2D eigenvalue weighted by atomic mass is 10.0. The number of ether oxygens (including phenoxy) is 2. The van der Waals surface area contributed by atoms with Crippen LogP contribution in [0.15, 0.2) is 149 Å². The van der Waals surface area contributed by atoms with Gasteiger partial charge in [-0.25, -0.2) is 18.7 Å². The summed E-state index contributed by atoms with van der Waals surface area (Å²) in [5.41, 5.74) is 4.54. The smallest absolute Gasteiger partial charge is 0.262 e. The van der Waals surface area contributed by atoms with E-state index < -0.39 is 62.2 Å². The molecule has 4 unspecified atom stereocenters. The molecule has 75 heavy (non-hydrogen) atoms. The maximum absolute atomic E-state index is 13.8. The average Bonchev–Trinajstić information content (AvgIpc) is 4.04. The number of nitrogens with zero attached hydrogens (tertiary/aromatic N) is 7. The van der Waals surface area contributed by atoms with Crippen LogP contribution in [0.4, 0.5) is 8.78 Å². The molecule has 8 aromatic rings. The van der Waals surface area contributed by atoms with Crippen LogP contribution in [0.2, 0.25) is 10.0 Å². The number of nitrogens with two attached hydrogens (primary N) is 1. The highest BCUT2D eigenvalue weighted by atomic mass is 35.5. The summed E-state index contributed by atoms with van der Waals surface area (Å²) in [6, 6.07) is 23.5. The van der Waals surface area contributed by atoms with Crippen molar-refractivity contribution in [1.29, 1.82) is 0 Å². The lowest BCUT2D eigenvalue weighted by Crippen LogP contribution is -2.31. The molecular weight excluding hydrogens is 1050 g/mol. The van der Waals surface area contributed by atoms with Crippen molar-refractivity contribution in [2.45, 2.75) is 38.8 Å². The van der Waals surface area contributed by atoms with Crippen molar-refractivity contribution in [3.05, 3.63) is 222 Å². The summed E-state index contributed by atoms with van der Waals surface area (Å²) in [5, 5.41) is 4.41. The third-order valence-electron chi connectivity index (χ3n) is 12.1. The van der Waals surface area contributed by atoms with Gasteiger partial charge in [-0.15, -0.1) is 0 Å². The summed E-state index contributed by atoms with van der Waals surface area (Å²) >= 11 is 12.9. The second-order valence-corrected chi connectivity index (χ2v) is 21.2. The van der Waals surface area contributed by atoms with E-state index in [1.54, 1.807) is 91.4 Å². The Labute approximate surface area is 446 Å². The Morgan fingerprint density at radius 1 is 0.640 bits per heavy atom. The first kappa shape index (κ1) is 55.4. The lowest BCUT2D eigenvalue weighted by molar-refractivity contribution is 0.103. The number of imidazole rings is 2. The van der Waals surface area contributed by atoms with Crippen LogP contribution in [0.3, 0.4) is 0 Å². The number of hydrazone groups is 1. The largest absolute Gasteiger partial charge is 0.495 e.